The van der Waals surface area contributed by atoms with Crippen molar-refractivity contribution in [2.75, 3.05) is 39.6 Å². The number of hydrogen-bond acceptors (Lipinski definition) is 16. The van der Waals surface area contributed by atoms with E-state index in [4.69, 9.17) is 47.5 Å². The quantitative estimate of drug-likeness (QED) is 0.240. The number of oxime groups is 6. The minimum absolute atomic E-state index is 0.103. The predicted octanol–water partition coefficient (Wildman–Crippen LogP) is 5.08. The van der Waals surface area contributed by atoms with Crippen LogP contribution in [0.3, 0.4) is 0 Å². The minimum atomic E-state index is -4.68. The summed E-state index contributed by atoms with van der Waals surface area (Å²) in [5, 5.41) is 24.9. The van der Waals surface area contributed by atoms with Gasteiger partial charge in [0.1, 0.15) is 46.5 Å². The second-order valence-electron chi connectivity index (χ2n) is 12.8. The summed E-state index contributed by atoms with van der Waals surface area (Å²) in [4.78, 5) is 0. The van der Waals surface area contributed by atoms with Crippen LogP contribution in [0.15, 0.2) is 152 Å². The van der Waals surface area contributed by atoms with E-state index >= 15 is 8.63 Å². The van der Waals surface area contributed by atoms with Crippen molar-refractivity contribution in [3.05, 3.63) is 144 Å². The maximum atomic E-state index is 17.7. The Morgan fingerprint density at radius 2 is 0.655 bits per heavy atom. The Bertz CT molecular complexity index is 1940. The second-order valence-corrected chi connectivity index (χ2v) is 12.8. The molecule has 0 radical (unpaired) electrons. The normalized spacial score (nSPS) is 31.0. The molecule has 58 heavy (non-hydrogen) atoms. The number of benzene rings is 4. The molecule has 0 aliphatic carbocycles. The Kier molecular flexibility index (Phi) is 11.8. The third kappa shape index (κ3) is 9.05. The third-order valence-electron chi connectivity index (χ3n) is 8.78. The van der Waals surface area contributed by atoms with Gasteiger partial charge in [0, 0.05) is 22.3 Å². The zero-order chi connectivity index (χ0) is 39.6. The maximum Gasteiger partial charge on any atom is 0.812 e. The molecule has 2 fully saturated rings. The van der Waals surface area contributed by atoms with Crippen molar-refractivity contribution >= 4 is 48.3 Å². The van der Waals surface area contributed by atoms with Crippen LogP contribution in [-0.4, -0.2) is 100 Å². The second kappa shape index (κ2) is 17.8. The highest BCUT2D eigenvalue weighted by atomic mass is 19.1. The summed E-state index contributed by atoms with van der Waals surface area (Å²) in [6.07, 6.45) is -2.16. The van der Waals surface area contributed by atoms with E-state index in [2.05, 4.69) is 30.9 Å². The molecule has 0 spiro atoms. The van der Waals surface area contributed by atoms with Crippen LogP contribution < -0.4 is 0 Å². The molecular formula is C38H34B2F2N6O10-2. The number of hydrogen-bond donors (Lipinski definition) is 0. The molecule has 9 rings (SSSR count). The Morgan fingerprint density at radius 1 is 0.379 bits per heavy atom. The van der Waals surface area contributed by atoms with E-state index in [1.807, 2.05) is 0 Å². The summed E-state index contributed by atoms with van der Waals surface area (Å²) in [5.41, 5.74) is 0.122. The first-order valence-corrected chi connectivity index (χ1v) is 18.3. The summed E-state index contributed by atoms with van der Waals surface area (Å²) < 4.78 is 91.8. The molecule has 5 aliphatic rings. The Hall–Kier alpha value is -6.47. The molecule has 5 aliphatic heterocycles. The van der Waals surface area contributed by atoms with E-state index in [1.54, 1.807) is 121 Å². The lowest BCUT2D eigenvalue weighted by Crippen LogP contribution is -2.49. The van der Waals surface area contributed by atoms with Crippen LogP contribution in [0, 0.1) is 0 Å². The number of rotatable bonds is 6. The van der Waals surface area contributed by atoms with Gasteiger partial charge in [0.05, 0.1) is 39.6 Å². The standard InChI is InChI=1S/C38H34B2F2N6O10/c41-39-53-43-33(27-13-5-1-6-14-27)34(28-15-7-2-8-16-28)44-54-40(42,56-46-36(30-19-11-4-12-20-30)35(45-55-39)29-17-9-3-10-18-29)58-48-38(32-26-50-22-24-52-32)37(47-57-39)31-25-49-21-23-51-31/h1-20,31-32H,21-26H2/q-2/b43-33-,44-34-,45-35+,46-36+,47-37+,48-38+. The van der Waals surface area contributed by atoms with E-state index in [0.717, 1.165) is 0 Å². The van der Waals surface area contributed by atoms with Crippen molar-refractivity contribution < 1.29 is 56.1 Å². The zero-order valence-electron chi connectivity index (χ0n) is 30.6. The summed E-state index contributed by atoms with van der Waals surface area (Å²) in [5.74, 6) is 0. The minimum Gasteiger partial charge on any atom is -0.509 e. The molecule has 298 valence electrons. The van der Waals surface area contributed by atoms with Gasteiger partial charge >= 0.3 is 14.1 Å². The molecule has 20 heteroatoms. The van der Waals surface area contributed by atoms with E-state index in [9.17, 15) is 0 Å². The SMILES string of the molecule is F[B-]12O/N=C(c3ccccc3)\C(c3ccccc3)=N/O[B-](F)(O/N=C(C3COCCO3)/C(C3COCCO3)=N/O1)O/N=C(c1ccccc1)/C(c1ccccc1)=N/O2. The summed E-state index contributed by atoms with van der Waals surface area (Å²) in [7, 11) is -9.35. The molecule has 2 saturated heterocycles. The number of ether oxygens (including phenoxy) is 4. The molecule has 2 bridgehead atoms. The van der Waals surface area contributed by atoms with Gasteiger partial charge in [-0.2, -0.15) is 0 Å². The van der Waals surface area contributed by atoms with Crippen LogP contribution in [0.2, 0.25) is 0 Å². The molecule has 4 unspecified atom stereocenters. The fourth-order valence-corrected chi connectivity index (χ4v) is 5.96. The number of fused-ring (bicyclic) bond motifs is 9. The van der Waals surface area contributed by atoms with Gasteiger partial charge in [0.25, 0.3) is 0 Å². The van der Waals surface area contributed by atoms with Crippen LogP contribution in [-0.2, 0) is 47.5 Å². The summed E-state index contributed by atoms with van der Waals surface area (Å²) in [6.45, 7) is 0.482. The van der Waals surface area contributed by atoms with E-state index < -0.39 is 26.3 Å². The molecule has 4 aromatic rings. The molecule has 4 aromatic carbocycles. The van der Waals surface area contributed by atoms with Gasteiger partial charge < -0.3 is 56.1 Å². The van der Waals surface area contributed by atoms with Gasteiger partial charge in [0.15, 0.2) is 0 Å². The zero-order valence-corrected chi connectivity index (χ0v) is 30.6. The molecule has 0 amide bonds. The topological polar surface area (TPSA) is 166 Å². The first-order valence-electron chi connectivity index (χ1n) is 18.3. The van der Waals surface area contributed by atoms with Gasteiger partial charge in [-0.15, -0.1) is 30.9 Å². The maximum absolute atomic E-state index is 17.7. The van der Waals surface area contributed by atoms with Crippen LogP contribution in [0.4, 0.5) is 8.63 Å². The molecule has 0 aromatic heterocycles. The van der Waals surface area contributed by atoms with Crippen LogP contribution in [0.25, 0.3) is 0 Å². The highest BCUT2D eigenvalue weighted by Crippen LogP contribution is 2.25. The van der Waals surface area contributed by atoms with Gasteiger partial charge in [0.2, 0.25) is 0 Å². The first-order chi connectivity index (χ1) is 28.5. The molecule has 0 N–H and O–H groups in total. The lowest BCUT2D eigenvalue weighted by molar-refractivity contribution is -0.0657. The van der Waals surface area contributed by atoms with Crippen LogP contribution in [0.1, 0.15) is 22.3 Å². The van der Waals surface area contributed by atoms with Crippen LogP contribution >= 0.6 is 0 Å². The molecule has 0 saturated carbocycles. The highest BCUT2D eigenvalue weighted by Gasteiger charge is 2.45. The van der Waals surface area contributed by atoms with E-state index in [1.165, 1.54) is 0 Å². The van der Waals surface area contributed by atoms with E-state index in [-0.39, 0.29) is 73.9 Å². The van der Waals surface area contributed by atoms with E-state index in [0.29, 0.717) is 22.3 Å². The fourth-order valence-electron chi connectivity index (χ4n) is 5.96. The Balaban J connectivity index is 1.38. The molecule has 16 nitrogen and oxygen atoms in total. The largest absolute Gasteiger partial charge is 0.812 e. The fraction of sp³-hybridized carbons (Fsp3) is 0.211. The van der Waals surface area contributed by atoms with Gasteiger partial charge in [-0.25, -0.2) is 0 Å². The summed E-state index contributed by atoms with van der Waals surface area (Å²) in [6, 6.07) is 33.5. The van der Waals surface area contributed by atoms with Crippen molar-refractivity contribution in [2.24, 2.45) is 30.9 Å². The third-order valence-corrected chi connectivity index (χ3v) is 8.78. The van der Waals surface area contributed by atoms with Crippen molar-refractivity contribution in [1.82, 2.24) is 0 Å². The molecule has 5 heterocycles. The average Bonchev–Trinajstić information content (AvgIpc) is 3.28. The summed E-state index contributed by atoms with van der Waals surface area (Å²) >= 11 is 0. The molecular weight excluding hydrogens is 760 g/mol. The predicted molar refractivity (Wildman–Crippen MR) is 208 cm³/mol. The Morgan fingerprint density at radius 3 is 0.914 bits per heavy atom. The monoisotopic (exact) mass is 794 g/mol. The van der Waals surface area contributed by atoms with Gasteiger partial charge in [-0.3, -0.25) is 0 Å². The van der Waals surface area contributed by atoms with Crippen molar-refractivity contribution in [3.8, 4) is 0 Å². The molecule has 4 atom stereocenters. The van der Waals surface area contributed by atoms with Gasteiger partial charge in [-0.05, 0) is 0 Å². The van der Waals surface area contributed by atoms with Gasteiger partial charge in [-0.1, -0.05) is 121 Å². The van der Waals surface area contributed by atoms with Crippen molar-refractivity contribution in [2.45, 2.75) is 12.2 Å². The highest BCUT2D eigenvalue weighted by molar-refractivity contribution is 6.58. The lowest BCUT2D eigenvalue weighted by Gasteiger charge is -2.33. The van der Waals surface area contributed by atoms with Crippen molar-refractivity contribution in [1.29, 1.82) is 0 Å². The number of nitrogens with zero attached hydrogens (tertiary/aromatic N) is 6. The van der Waals surface area contributed by atoms with Crippen LogP contribution in [0.5, 0.6) is 0 Å². The Labute approximate surface area is 330 Å². The number of halogens is 2. The van der Waals surface area contributed by atoms with Crippen molar-refractivity contribution in [3.63, 3.8) is 0 Å². The average molecular weight is 794 g/mol. The lowest BCUT2D eigenvalue weighted by atomic mass is 10.00. The first kappa shape index (κ1) is 38.4. The smallest absolute Gasteiger partial charge is 0.509 e.